The van der Waals surface area contributed by atoms with Crippen LogP contribution in [0, 0.1) is 0 Å². The minimum Gasteiger partial charge on any atom is -0.0674 e. The number of hydrogen-bond acceptors (Lipinski definition) is 0. The van der Waals surface area contributed by atoms with Crippen molar-refractivity contribution in [3.8, 4) is 0 Å². The lowest BCUT2D eigenvalue weighted by Gasteiger charge is -2.38. The standard InChI is InChI=1S/C19H28Si/c1-7-20(8-2,18-12-10-9-11-13-18)19-16(5)14(3)15(4)17(19)6/h9-13,19H,7-8H2,1-6H3. The van der Waals surface area contributed by atoms with Crippen molar-refractivity contribution in [2.24, 2.45) is 0 Å². The van der Waals surface area contributed by atoms with Gasteiger partial charge in [0.15, 0.2) is 0 Å². The summed E-state index contributed by atoms with van der Waals surface area (Å²) in [6.07, 6.45) is 0. The Hall–Kier alpha value is -1.08. The predicted molar refractivity (Wildman–Crippen MR) is 93.3 cm³/mol. The van der Waals surface area contributed by atoms with Gasteiger partial charge in [-0.15, -0.1) is 0 Å². The maximum Gasteiger partial charge on any atom is 0.0973 e. The summed E-state index contributed by atoms with van der Waals surface area (Å²) < 4.78 is 0. The molecule has 0 amide bonds. The number of rotatable bonds is 4. The molecule has 0 saturated heterocycles. The first-order valence-electron chi connectivity index (χ1n) is 7.90. The molecule has 0 aromatic heterocycles. The fourth-order valence-corrected chi connectivity index (χ4v) is 9.59. The van der Waals surface area contributed by atoms with E-state index >= 15 is 0 Å². The van der Waals surface area contributed by atoms with E-state index in [9.17, 15) is 0 Å². The molecule has 1 aromatic rings. The Morgan fingerprint density at radius 3 is 1.65 bits per heavy atom. The van der Waals surface area contributed by atoms with Gasteiger partial charge in [-0.3, -0.25) is 0 Å². The van der Waals surface area contributed by atoms with E-state index in [-0.39, 0.29) is 0 Å². The third-order valence-electron chi connectivity index (χ3n) is 5.77. The van der Waals surface area contributed by atoms with E-state index in [1.807, 2.05) is 0 Å². The smallest absolute Gasteiger partial charge is 0.0674 e. The lowest BCUT2D eigenvalue weighted by Crippen LogP contribution is -2.51. The molecular formula is C19H28Si. The Labute approximate surface area is 125 Å². The molecule has 0 heterocycles. The molecule has 0 saturated carbocycles. The van der Waals surface area contributed by atoms with Gasteiger partial charge in [0.1, 0.15) is 0 Å². The lowest BCUT2D eigenvalue weighted by molar-refractivity contribution is 1.03. The number of allylic oxidation sites excluding steroid dienone is 4. The zero-order valence-electron chi connectivity index (χ0n) is 13.9. The molecule has 1 aromatic carbocycles. The third-order valence-corrected chi connectivity index (χ3v) is 11.8. The summed E-state index contributed by atoms with van der Waals surface area (Å²) in [6, 6.07) is 14.0. The second-order valence-electron chi connectivity index (χ2n) is 6.28. The van der Waals surface area contributed by atoms with Crippen molar-refractivity contribution in [3.05, 3.63) is 52.6 Å². The maximum atomic E-state index is 2.41. The summed E-state index contributed by atoms with van der Waals surface area (Å²) in [7, 11) is -1.51. The van der Waals surface area contributed by atoms with Crippen LogP contribution in [0.3, 0.4) is 0 Å². The Bertz CT molecular complexity index is 520. The van der Waals surface area contributed by atoms with Crippen LogP contribution in [0.25, 0.3) is 0 Å². The highest BCUT2D eigenvalue weighted by molar-refractivity contribution is 6.94. The molecule has 1 aliphatic carbocycles. The second kappa shape index (κ2) is 5.73. The molecule has 0 spiro atoms. The molecular weight excluding hydrogens is 256 g/mol. The van der Waals surface area contributed by atoms with E-state index in [0.717, 1.165) is 0 Å². The molecule has 2 rings (SSSR count). The number of benzene rings is 1. The molecule has 0 nitrogen and oxygen atoms in total. The van der Waals surface area contributed by atoms with Gasteiger partial charge in [-0.05, 0) is 38.8 Å². The van der Waals surface area contributed by atoms with Gasteiger partial charge in [-0.2, -0.15) is 0 Å². The molecule has 0 atom stereocenters. The van der Waals surface area contributed by atoms with Crippen LogP contribution in [0.4, 0.5) is 0 Å². The summed E-state index contributed by atoms with van der Waals surface area (Å²) in [5.41, 5.74) is 7.07. The first-order valence-corrected chi connectivity index (χ1v) is 10.4. The van der Waals surface area contributed by atoms with Crippen LogP contribution in [0.5, 0.6) is 0 Å². The summed E-state index contributed by atoms with van der Waals surface area (Å²) >= 11 is 0. The fraction of sp³-hybridized carbons (Fsp3) is 0.474. The Morgan fingerprint density at radius 2 is 1.25 bits per heavy atom. The zero-order valence-corrected chi connectivity index (χ0v) is 14.9. The van der Waals surface area contributed by atoms with Crippen molar-refractivity contribution in [2.45, 2.75) is 59.2 Å². The third kappa shape index (κ3) is 2.12. The van der Waals surface area contributed by atoms with Gasteiger partial charge >= 0.3 is 0 Å². The Balaban J connectivity index is 2.62. The monoisotopic (exact) mass is 284 g/mol. The van der Waals surface area contributed by atoms with Crippen LogP contribution in [0.2, 0.25) is 17.6 Å². The molecule has 0 bridgehead atoms. The van der Waals surface area contributed by atoms with Crippen molar-refractivity contribution in [2.75, 3.05) is 0 Å². The molecule has 108 valence electrons. The average molecular weight is 285 g/mol. The van der Waals surface area contributed by atoms with Crippen molar-refractivity contribution >= 4 is 13.3 Å². The van der Waals surface area contributed by atoms with Crippen LogP contribution in [-0.2, 0) is 0 Å². The van der Waals surface area contributed by atoms with E-state index in [0.29, 0.717) is 5.54 Å². The molecule has 0 unspecified atom stereocenters. The molecule has 0 fully saturated rings. The van der Waals surface area contributed by atoms with E-state index in [4.69, 9.17) is 0 Å². The first-order chi connectivity index (χ1) is 9.49. The normalized spacial score (nSPS) is 17.3. The van der Waals surface area contributed by atoms with Crippen LogP contribution in [0.15, 0.2) is 52.6 Å². The van der Waals surface area contributed by atoms with Gasteiger partial charge in [0.25, 0.3) is 0 Å². The van der Waals surface area contributed by atoms with Crippen LogP contribution in [-0.4, -0.2) is 8.07 Å². The fourth-order valence-electron chi connectivity index (χ4n) is 4.18. The summed E-state index contributed by atoms with van der Waals surface area (Å²) in [5.74, 6) is 0. The molecule has 0 aliphatic heterocycles. The van der Waals surface area contributed by atoms with Crippen LogP contribution in [0.1, 0.15) is 41.5 Å². The minimum absolute atomic E-state index is 0.708. The van der Waals surface area contributed by atoms with Gasteiger partial charge in [0.05, 0.1) is 8.07 Å². The summed E-state index contributed by atoms with van der Waals surface area (Å²) in [4.78, 5) is 0. The van der Waals surface area contributed by atoms with Crippen molar-refractivity contribution in [1.29, 1.82) is 0 Å². The van der Waals surface area contributed by atoms with E-state index < -0.39 is 8.07 Å². The largest absolute Gasteiger partial charge is 0.0973 e. The minimum atomic E-state index is -1.51. The quantitative estimate of drug-likeness (QED) is 0.646. The first kappa shape index (κ1) is 15.3. The van der Waals surface area contributed by atoms with Crippen molar-refractivity contribution < 1.29 is 0 Å². The van der Waals surface area contributed by atoms with E-state index in [2.05, 4.69) is 71.9 Å². The highest BCUT2D eigenvalue weighted by Gasteiger charge is 2.44. The maximum absolute atomic E-state index is 2.41. The van der Waals surface area contributed by atoms with Gasteiger partial charge in [0.2, 0.25) is 0 Å². The average Bonchev–Trinajstić information content (AvgIpc) is 2.68. The van der Waals surface area contributed by atoms with Crippen molar-refractivity contribution in [3.63, 3.8) is 0 Å². The summed E-state index contributed by atoms with van der Waals surface area (Å²) in [6.45, 7) is 14.2. The highest BCUT2D eigenvalue weighted by Crippen LogP contribution is 2.48. The number of hydrogen-bond donors (Lipinski definition) is 0. The van der Waals surface area contributed by atoms with Crippen LogP contribution >= 0.6 is 0 Å². The van der Waals surface area contributed by atoms with Gasteiger partial charge in [-0.25, -0.2) is 0 Å². The summed E-state index contributed by atoms with van der Waals surface area (Å²) in [5, 5.41) is 1.64. The second-order valence-corrected chi connectivity index (χ2v) is 11.2. The van der Waals surface area contributed by atoms with Gasteiger partial charge < -0.3 is 0 Å². The zero-order chi connectivity index (χ0) is 14.9. The van der Waals surface area contributed by atoms with Gasteiger partial charge in [0, 0.05) is 5.54 Å². The lowest BCUT2D eigenvalue weighted by atomic mass is 10.1. The van der Waals surface area contributed by atoms with Crippen molar-refractivity contribution in [1.82, 2.24) is 0 Å². The Kier molecular flexibility index (Phi) is 4.39. The topological polar surface area (TPSA) is 0 Å². The predicted octanol–water partition coefficient (Wildman–Crippen LogP) is 5.44. The molecule has 1 heteroatoms. The molecule has 1 aliphatic rings. The van der Waals surface area contributed by atoms with E-state index in [1.165, 1.54) is 12.1 Å². The molecule has 0 N–H and O–H groups in total. The molecule has 0 radical (unpaired) electrons. The molecule has 20 heavy (non-hydrogen) atoms. The van der Waals surface area contributed by atoms with E-state index in [1.54, 1.807) is 27.5 Å². The highest BCUT2D eigenvalue weighted by atomic mass is 28.3. The Morgan fingerprint density at radius 1 is 0.800 bits per heavy atom. The van der Waals surface area contributed by atoms with Crippen LogP contribution < -0.4 is 5.19 Å². The SMILES string of the molecule is CC[Si](CC)(c1ccccc1)C1C(C)=C(C)C(C)=C1C. The van der Waals surface area contributed by atoms with Gasteiger partial charge in [-0.1, -0.05) is 72.6 Å².